The molecule has 3 atom stereocenters. The highest BCUT2D eigenvalue weighted by Gasteiger charge is 2.37. The van der Waals surface area contributed by atoms with Gasteiger partial charge in [0.2, 0.25) is 0 Å². The number of halogens is 3. The molecule has 0 heterocycles. The van der Waals surface area contributed by atoms with E-state index in [0.717, 1.165) is 24.1 Å². The van der Waals surface area contributed by atoms with Crippen molar-refractivity contribution in [2.45, 2.75) is 58.8 Å². The van der Waals surface area contributed by atoms with Gasteiger partial charge in [0.05, 0.1) is 5.56 Å². The molecule has 1 fully saturated rings. The molecule has 1 nitrogen and oxygen atoms in total. The Labute approximate surface area is 124 Å². The fourth-order valence-electron chi connectivity index (χ4n) is 3.50. The average molecular weight is 299 g/mol. The second-order valence-electron chi connectivity index (χ2n) is 7.16. The Morgan fingerprint density at radius 2 is 1.71 bits per heavy atom. The van der Waals surface area contributed by atoms with Crippen LogP contribution in [0.2, 0.25) is 0 Å². The minimum atomic E-state index is -4.26. The van der Waals surface area contributed by atoms with Gasteiger partial charge in [0.15, 0.2) is 0 Å². The Morgan fingerprint density at radius 1 is 1.14 bits per heavy atom. The molecule has 1 aromatic rings. The van der Waals surface area contributed by atoms with Gasteiger partial charge in [0.1, 0.15) is 0 Å². The Bertz CT molecular complexity index is 476. The summed E-state index contributed by atoms with van der Waals surface area (Å²) in [6.45, 7) is 8.80. The van der Waals surface area contributed by atoms with Gasteiger partial charge in [-0.05, 0) is 48.8 Å². The number of nitrogens with one attached hydrogen (secondary N) is 1. The lowest BCUT2D eigenvalue weighted by Gasteiger charge is -2.24. The molecule has 0 aliphatic heterocycles. The Balaban J connectivity index is 2.02. The van der Waals surface area contributed by atoms with E-state index in [-0.39, 0.29) is 6.04 Å². The summed E-state index contributed by atoms with van der Waals surface area (Å²) in [6, 6.07) is 5.97. The van der Waals surface area contributed by atoms with E-state index in [4.69, 9.17) is 0 Å². The van der Waals surface area contributed by atoms with E-state index in [1.165, 1.54) is 6.42 Å². The average Bonchev–Trinajstić information content (AvgIpc) is 2.61. The first-order valence-corrected chi connectivity index (χ1v) is 7.52. The van der Waals surface area contributed by atoms with Crippen LogP contribution in [-0.4, -0.2) is 6.04 Å². The lowest BCUT2D eigenvalue weighted by molar-refractivity contribution is -0.137. The lowest BCUT2D eigenvalue weighted by atomic mass is 9.91. The van der Waals surface area contributed by atoms with Gasteiger partial charge in [-0.1, -0.05) is 32.9 Å². The minimum Gasteiger partial charge on any atom is -0.307 e. The first-order chi connectivity index (χ1) is 9.58. The molecule has 118 valence electrons. The SMILES string of the molecule is CC(NC1CC(C)(C)CC1C)c1ccc(C(F)(F)F)cc1. The maximum absolute atomic E-state index is 12.6. The second kappa shape index (κ2) is 5.64. The van der Waals surface area contributed by atoms with Crippen LogP contribution in [0.4, 0.5) is 13.2 Å². The van der Waals surface area contributed by atoms with Crippen LogP contribution in [0.25, 0.3) is 0 Å². The predicted octanol–water partition coefficient (Wildman–Crippen LogP) is 5.18. The summed E-state index contributed by atoms with van der Waals surface area (Å²) in [4.78, 5) is 0. The van der Waals surface area contributed by atoms with Gasteiger partial charge in [-0.2, -0.15) is 13.2 Å². The van der Waals surface area contributed by atoms with E-state index in [1.807, 2.05) is 6.92 Å². The maximum Gasteiger partial charge on any atom is 0.416 e. The Hall–Kier alpha value is -1.03. The largest absolute Gasteiger partial charge is 0.416 e. The fraction of sp³-hybridized carbons (Fsp3) is 0.647. The van der Waals surface area contributed by atoms with Gasteiger partial charge in [-0.25, -0.2) is 0 Å². The fourth-order valence-corrected chi connectivity index (χ4v) is 3.50. The smallest absolute Gasteiger partial charge is 0.307 e. The van der Waals surface area contributed by atoms with Crippen LogP contribution < -0.4 is 5.32 Å². The third kappa shape index (κ3) is 4.00. The number of hydrogen-bond acceptors (Lipinski definition) is 1. The van der Waals surface area contributed by atoms with Crippen LogP contribution in [-0.2, 0) is 6.18 Å². The molecule has 0 spiro atoms. The van der Waals surface area contributed by atoms with E-state index in [9.17, 15) is 13.2 Å². The molecular weight excluding hydrogens is 275 g/mol. The molecule has 0 bridgehead atoms. The van der Waals surface area contributed by atoms with Gasteiger partial charge in [-0.3, -0.25) is 0 Å². The zero-order valence-electron chi connectivity index (χ0n) is 13.1. The zero-order chi connectivity index (χ0) is 15.8. The van der Waals surface area contributed by atoms with Crippen molar-refractivity contribution in [1.82, 2.24) is 5.32 Å². The molecule has 0 aromatic heterocycles. The van der Waals surface area contributed by atoms with E-state index in [1.54, 1.807) is 12.1 Å². The molecule has 1 saturated carbocycles. The normalized spacial score (nSPS) is 26.8. The summed E-state index contributed by atoms with van der Waals surface area (Å²) in [6.07, 6.45) is -1.97. The first kappa shape index (κ1) is 16.3. The standard InChI is InChI=1S/C17H24F3N/c1-11-9-16(3,4)10-15(11)21-12(2)13-5-7-14(8-6-13)17(18,19)20/h5-8,11-12,15,21H,9-10H2,1-4H3. The summed E-state index contributed by atoms with van der Waals surface area (Å²) in [5.41, 5.74) is 0.658. The summed E-state index contributed by atoms with van der Waals surface area (Å²) in [5.74, 6) is 0.594. The second-order valence-corrected chi connectivity index (χ2v) is 7.16. The molecule has 2 rings (SSSR count). The number of benzene rings is 1. The highest BCUT2D eigenvalue weighted by Crippen LogP contribution is 2.41. The first-order valence-electron chi connectivity index (χ1n) is 7.52. The molecule has 21 heavy (non-hydrogen) atoms. The Morgan fingerprint density at radius 3 is 2.14 bits per heavy atom. The van der Waals surface area contributed by atoms with E-state index in [2.05, 4.69) is 26.1 Å². The van der Waals surface area contributed by atoms with E-state index < -0.39 is 11.7 Å². The molecule has 0 saturated heterocycles. The summed E-state index contributed by atoms with van der Waals surface area (Å²) >= 11 is 0. The van der Waals surface area contributed by atoms with Gasteiger partial charge in [-0.15, -0.1) is 0 Å². The van der Waals surface area contributed by atoms with Gasteiger partial charge in [0.25, 0.3) is 0 Å². The number of hydrogen-bond donors (Lipinski definition) is 1. The highest BCUT2D eigenvalue weighted by molar-refractivity contribution is 5.26. The van der Waals surface area contributed by atoms with Crippen molar-refractivity contribution in [3.63, 3.8) is 0 Å². The van der Waals surface area contributed by atoms with Crippen LogP contribution >= 0.6 is 0 Å². The van der Waals surface area contributed by atoms with Crippen LogP contribution in [0, 0.1) is 11.3 Å². The molecule has 3 unspecified atom stereocenters. The van der Waals surface area contributed by atoms with Crippen LogP contribution in [0.5, 0.6) is 0 Å². The molecule has 0 amide bonds. The maximum atomic E-state index is 12.6. The summed E-state index contributed by atoms with van der Waals surface area (Å²) < 4.78 is 37.7. The van der Waals surface area contributed by atoms with Crippen molar-refractivity contribution in [2.75, 3.05) is 0 Å². The predicted molar refractivity (Wildman–Crippen MR) is 79.0 cm³/mol. The third-order valence-corrected chi connectivity index (χ3v) is 4.54. The summed E-state index contributed by atoms with van der Waals surface area (Å²) in [7, 11) is 0. The van der Waals surface area contributed by atoms with Crippen molar-refractivity contribution in [3.8, 4) is 0 Å². The monoisotopic (exact) mass is 299 g/mol. The molecule has 1 aliphatic carbocycles. The highest BCUT2D eigenvalue weighted by atomic mass is 19.4. The minimum absolute atomic E-state index is 0.0635. The topological polar surface area (TPSA) is 12.0 Å². The van der Waals surface area contributed by atoms with E-state index in [0.29, 0.717) is 17.4 Å². The van der Waals surface area contributed by atoms with Gasteiger partial charge >= 0.3 is 6.18 Å². The van der Waals surface area contributed by atoms with Crippen molar-refractivity contribution < 1.29 is 13.2 Å². The molecular formula is C17H24F3N. The van der Waals surface area contributed by atoms with Crippen molar-refractivity contribution in [2.24, 2.45) is 11.3 Å². The molecule has 0 radical (unpaired) electrons. The van der Waals surface area contributed by atoms with Crippen LogP contribution in [0.1, 0.15) is 57.7 Å². The molecule has 1 aliphatic rings. The van der Waals surface area contributed by atoms with Crippen molar-refractivity contribution in [1.29, 1.82) is 0 Å². The van der Waals surface area contributed by atoms with Crippen molar-refractivity contribution >= 4 is 0 Å². The number of alkyl halides is 3. The van der Waals surface area contributed by atoms with Crippen LogP contribution in [0.15, 0.2) is 24.3 Å². The zero-order valence-corrected chi connectivity index (χ0v) is 13.1. The van der Waals surface area contributed by atoms with Crippen LogP contribution in [0.3, 0.4) is 0 Å². The lowest BCUT2D eigenvalue weighted by Crippen LogP contribution is -2.33. The van der Waals surface area contributed by atoms with Gasteiger partial charge < -0.3 is 5.32 Å². The quantitative estimate of drug-likeness (QED) is 0.811. The van der Waals surface area contributed by atoms with Gasteiger partial charge in [0, 0.05) is 12.1 Å². The summed E-state index contributed by atoms with van der Waals surface area (Å²) in [5, 5.41) is 3.58. The Kier molecular flexibility index (Phi) is 4.39. The molecule has 1 N–H and O–H groups in total. The number of rotatable bonds is 3. The molecule has 1 aromatic carbocycles. The van der Waals surface area contributed by atoms with E-state index >= 15 is 0 Å². The third-order valence-electron chi connectivity index (χ3n) is 4.54. The molecule has 4 heteroatoms. The van der Waals surface area contributed by atoms with Crippen molar-refractivity contribution in [3.05, 3.63) is 35.4 Å².